The molecule has 0 saturated heterocycles. The van der Waals surface area contributed by atoms with Gasteiger partial charge in [0.1, 0.15) is 0 Å². The lowest BCUT2D eigenvalue weighted by molar-refractivity contribution is 0.1000. The Balaban J connectivity index is 1.52. The maximum absolute atomic E-state index is 13.2. The molecule has 1 aliphatic rings. The summed E-state index contributed by atoms with van der Waals surface area (Å²) in [5, 5.41) is 9.33. The molecule has 4 aromatic rings. The van der Waals surface area contributed by atoms with Crippen molar-refractivity contribution < 1.29 is 14.3 Å². The number of carbonyl (C=O) groups excluding carboxylic acids is 1. The van der Waals surface area contributed by atoms with E-state index in [1.54, 1.807) is 20.3 Å². The van der Waals surface area contributed by atoms with Gasteiger partial charge in [-0.3, -0.25) is 9.36 Å². The number of Topliss-reactive ketones (excluding diaryl/α,β-unsaturated/α-hetero) is 1. The van der Waals surface area contributed by atoms with E-state index in [9.17, 15) is 4.79 Å². The molecule has 0 aliphatic heterocycles. The second-order valence-electron chi connectivity index (χ2n) is 7.38. The number of rotatable bonds is 6. The number of para-hydroxylation sites is 1. The molecule has 0 amide bonds. The van der Waals surface area contributed by atoms with Crippen LogP contribution in [-0.2, 0) is 6.42 Å². The third-order valence-electron chi connectivity index (χ3n) is 5.50. The first-order chi connectivity index (χ1) is 15.7. The Hall–Kier alpha value is -3.58. The molecule has 1 atom stereocenters. The van der Waals surface area contributed by atoms with Crippen LogP contribution in [0.3, 0.4) is 0 Å². The van der Waals surface area contributed by atoms with Crippen LogP contribution in [0.25, 0.3) is 17.1 Å². The van der Waals surface area contributed by atoms with Crippen molar-refractivity contribution in [3.05, 3.63) is 83.9 Å². The molecule has 1 aromatic heterocycles. The van der Waals surface area contributed by atoms with Gasteiger partial charge in [0, 0.05) is 16.8 Å². The standard InChI is InChI=1S/C25H21N3O3S/c1-30-20-13-17-14-22(23(29)19(17)15-21(20)31-2)32-25-27-26-24(16-9-5-3-6-10-16)28(25)18-11-7-4-8-12-18/h3-13,15,22H,14H2,1-2H3/t22-/m0/s1. The molecule has 1 heterocycles. The number of thioether (sulfide) groups is 1. The molecule has 32 heavy (non-hydrogen) atoms. The summed E-state index contributed by atoms with van der Waals surface area (Å²) in [6.45, 7) is 0. The number of methoxy groups -OCH3 is 2. The van der Waals surface area contributed by atoms with Gasteiger partial charge in [-0.05, 0) is 36.2 Å². The summed E-state index contributed by atoms with van der Waals surface area (Å²) < 4.78 is 12.8. The van der Waals surface area contributed by atoms with Crippen molar-refractivity contribution >= 4 is 17.5 Å². The highest BCUT2D eigenvalue weighted by molar-refractivity contribution is 8.00. The van der Waals surface area contributed by atoms with Crippen LogP contribution >= 0.6 is 11.8 Å². The number of carbonyl (C=O) groups is 1. The molecule has 1 aliphatic carbocycles. The van der Waals surface area contributed by atoms with E-state index in [-0.39, 0.29) is 11.0 Å². The summed E-state index contributed by atoms with van der Waals surface area (Å²) in [5.41, 5.74) is 3.55. The van der Waals surface area contributed by atoms with E-state index < -0.39 is 0 Å². The number of aromatic nitrogens is 3. The zero-order chi connectivity index (χ0) is 22.1. The topological polar surface area (TPSA) is 66.2 Å². The normalized spacial score (nSPS) is 14.9. The number of ketones is 1. The van der Waals surface area contributed by atoms with Crippen molar-refractivity contribution in [1.82, 2.24) is 14.8 Å². The van der Waals surface area contributed by atoms with E-state index in [1.807, 2.05) is 71.3 Å². The van der Waals surface area contributed by atoms with Gasteiger partial charge in [-0.25, -0.2) is 0 Å². The summed E-state index contributed by atoms with van der Waals surface area (Å²) in [7, 11) is 3.17. The predicted octanol–water partition coefficient (Wildman–Crippen LogP) is 4.85. The van der Waals surface area contributed by atoms with Crippen LogP contribution in [0.2, 0.25) is 0 Å². The molecule has 3 aromatic carbocycles. The van der Waals surface area contributed by atoms with Crippen molar-refractivity contribution in [2.75, 3.05) is 14.2 Å². The Kier molecular flexibility index (Phi) is 5.41. The molecule has 5 rings (SSSR count). The van der Waals surface area contributed by atoms with Gasteiger partial charge in [-0.15, -0.1) is 10.2 Å². The summed E-state index contributed by atoms with van der Waals surface area (Å²) in [5.74, 6) is 1.99. The van der Waals surface area contributed by atoms with Crippen molar-refractivity contribution in [3.8, 4) is 28.6 Å². The van der Waals surface area contributed by atoms with E-state index in [0.29, 0.717) is 28.6 Å². The highest BCUT2D eigenvalue weighted by Crippen LogP contribution is 2.40. The fraction of sp³-hybridized carbons (Fsp3) is 0.160. The highest BCUT2D eigenvalue weighted by Gasteiger charge is 2.34. The minimum atomic E-state index is -0.294. The summed E-state index contributed by atoms with van der Waals surface area (Å²) >= 11 is 1.44. The zero-order valence-electron chi connectivity index (χ0n) is 17.7. The lowest BCUT2D eigenvalue weighted by Crippen LogP contribution is -2.13. The van der Waals surface area contributed by atoms with Gasteiger partial charge in [-0.2, -0.15) is 0 Å². The number of hydrogen-bond donors (Lipinski definition) is 0. The molecule has 0 unspecified atom stereocenters. The molecular formula is C25H21N3O3S. The molecular weight excluding hydrogens is 422 g/mol. The Morgan fingerprint density at radius 3 is 2.25 bits per heavy atom. The van der Waals surface area contributed by atoms with Crippen LogP contribution in [0.1, 0.15) is 15.9 Å². The maximum atomic E-state index is 13.2. The minimum Gasteiger partial charge on any atom is -0.493 e. The Morgan fingerprint density at radius 2 is 1.56 bits per heavy atom. The summed E-state index contributed by atoms with van der Waals surface area (Å²) in [4.78, 5) is 13.2. The molecule has 0 radical (unpaired) electrons. The average Bonchev–Trinajstić information content (AvgIpc) is 3.40. The van der Waals surface area contributed by atoms with Gasteiger partial charge in [-0.1, -0.05) is 60.3 Å². The first-order valence-corrected chi connectivity index (χ1v) is 11.1. The fourth-order valence-electron chi connectivity index (χ4n) is 3.94. The molecule has 7 heteroatoms. The molecule has 0 N–H and O–H groups in total. The van der Waals surface area contributed by atoms with Crippen LogP contribution in [0, 0.1) is 0 Å². The molecule has 0 saturated carbocycles. The number of benzene rings is 3. The van der Waals surface area contributed by atoms with Crippen LogP contribution in [0.5, 0.6) is 11.5 Å². The number of nitrogens with zero attached hydrogens (tertiary/aromatic N) is 3. The van der Waals surface area contributed by atoms with Crippen molar-refractivity contribution in [3.63, 3.8) is 0 Å². The second kappa shape index (κ2) is 8.51. The van der Waals surface area contributed by atoms with E-state index in [4.69, 9.17) is 9.47 Å². The van der Waals surface area contributed by atoms with Gasteiger partial charge in [0.2, 0.25) is 0 Å². The smallest absolute Gasteiger partial charge is 0.196 e. The van der Waals surface area contributed by atoms with Crippen molar-refractivity contribution in [2.45, 2.75) is 16.8 Å². The molecule has 160 valence electrons. The number of hydrogen-bond acceptors (Lipinski definition) is 6. The summed E-state index contributed by atoms with van der Waals surface area (Å²) in [6.07, 6.45) is 0.599. The van der Waals surface area contributed by atoms with Gasteiger partial charge in [0.15, 0.2) is 28.3 Å². The van der Waals surface area contributed by atoms with Crippen molar-refractivity contribution in [1.29, 1.82) is 0 Å². The number of fused-ring (bicyclic) bond motifs is 1. The van der Waals surface area contributed by atoms with Crippen molar-refractivity contribution in [2.24, 2.45) is 0 Å². The molecule has 0 bridgehead atoms. The SMILES string of the molecule is COc1cc2c(cc1OC)C(=O)[C@@H](Sc1nnc(-c3ccccc3)n1-c1ccccc1)C2. The van der Waals surface area contributed by atoms with Crippen LogP contribution < -0.4 is 9.47 Å². The Labute approximate surface area is 190 Å². The minimum absolute atomic E-state index is 0.0647. The maximum Gasteiger partial charge on any atom is 0.196 e. The monoisotopic (exact) mass is 443 g/mol. The zero-order valence-corrected chi connectivity index (χ0v) is 18.5. The number of ether oxygens (including phenoxy) is 2. The van der Waals surface area contributed by atoms with Gasteiger partial charge < -0.3 is 9.47 Å². The second-order valence-corrected chi connectivity index (χ2v) is 8.55. The first kappa shape index (κ1) is 20.3. The van der Waals surface area contributed by atoms with Crippen LogP contribution in [0.4, 0.5) is 0 Å². The van der Waals surface area contributed by atoms with E-state index in [2.05, 4.69) is 10.2 Å². The fourth-order valence-corrected chi connectivity index (χ4v) is 5.07. The van der Waals surface area contributed by atoms with E-state index in [1.165, 1.54) is 11.8 Å². The predicted molar refractivity (Wildman–Crippen MR) is 124 cm³/mol. The third kappa shape index (κ3) is 3.54. The Bertz CT molecular complexity index is 1270. The lowest BCUT2D eigenvalue weighted by atomic mass is 10.1. The van der Waals surface area contributed by atoms with Gasteiger partial charge in [0.25, 0.3) is 0 Å². The third-order valence-corrected chi connectivity index (χ3v) is 6.64. The lowest BCUT2D eigenvalue weighted by Gasteiger charge is -2.12. The molecule has 0 fully saturated rings. The average molecular weight is 444 g/mol. The first-order valence-electron chi connectivity index (χ1n) is 10.2. The van der Waals surface area contributed by atoms with Gasteiger partial charge >= 0.3 is 0 Å². The highest BCUT2D eigenvalue weighted by atomic mass is 32.2. The van der Waals surface area contributed by atoms with Crippen LogP contribution in [-0.4, -0.2) is 40.0 Å². The molecule has 6 nitrogen and oxygen atoms in total. The summed E-state index contributed by atoms with van der Waals surface area (Å²) in [6, 6.07) is 23.6. The largest absolute Gasteiger partial charge is 0.493 e. The molecule has 0 spiro atoms. The van der Waals surface area contributed by atoms with Gasteiger partial charge in [0.05, 0.1) is 19.5 Å². The Morgan fingerprint density at radius 1 is 0.906 bits per heavy atom. The van der Waals surface area contributed by atoms with E-state index >= 15 is 0 Å². The van der Waals surface area contributed by atoms with E-state index in [0.717, 1.165) is 22.6 Å². The van der Waals surface area contributed by atoms with Crippen LogP contribution in [0.15, 0.2) is 78.0 Å². The quantitative estimate of drug-likeness (QED) is 0.424.